The molecule has 2 heterocycles. The van der Waals surface area contributed by atoms with Crippen LogP contribution in [0.2, 0.25) is 0 Å². The molecule has 0 spiro atoms. The van der Waals surface area contributed by atoms with E-state index in [0.717, 1.165) is 12.8 Å². The second-order valence-corrected chi connectivity index (χ2v) is 7.72. The lowest BCUT2D eigenvalue weighted by molar-refractivity contribution is -0.140. The Labute approximate surface area is 154 Å². The average molecular weight is 363 g/mol. The lowest BCUT2D eigenvalue weighted by Gasteiger charge is -2.34. The molecule has 1 aliphatic heterocycles. The van der Waals surface area contributed by atoms with Gasteiger partial charge in [-0.05, 0) is 52.7 Å². The van der Waals surface area contributed by atoms with Crippen molar-refractivity contribution < 1.29 is 18.8 Å². The van der Waals surface area contributed by atoms with E-state index >= 15 is 0 Å². The van der Waals surface area contributed by atoms with Crippen LogP contribution in [0.3, 0.4) is 0 Å². The van der Waals surface area contributed by atoms with E-state index < -0.39 is 0 Å². The summed E-state index contributed by atoms with van der Waals surface area (Å²) in [7, 11) is 0. The Bertz CT molecular complexity index is 634. The Balaban J connectivity index is 1.98. The van der Waals surface area contributed by atoms with Gasteiger partial charge in [-0.25, -0.2) is 0 Å². The van der Waals surface area contributed by atoms with Crippen LogP contribution in [0.1, 0.15) is 51.1 Å². The number of piperidine rings is 1. The van der Waals surface area contributed by atoms with Crippen molar-refractivity contribution in [1.29, 1.82) is 0 Å². The van der Waals surface area contributed by atoms with E-state index in [-0.39, 0.29) is 41.5 Å². The molecule has 1 unspecified atom stereocenters. The summed E-state index contributed by atoms with van der Waals surface area (Å²) in [5.41, 5.74) is -0.337. The van der Waals surface area contributed by atoms with Gasteiger partial charge in [0.15, 0.2) is 5.76 Å². The zero-order valence-corrected chi connectivity index (χ0v) is 16.1. The van der Waals surface area contributed by atoms with E-state index in [2.05, 4.69) is 5.32 Å². The Morgan fingerprint density at radius 1 is 1.35 bits per heavy atom. The number of hydrogen-bond acceptors (Lipinski definition) is 4. The predicted octanol–water partition coefficient (Wildman–Crippen LogP) is 1.89. The fourth-order valence-electron chi connectivity index (χ4n) is 3.15. The summed E-state index contributed by atoms with van der Waals surface area (Å²) in [5.74, 6) is -0.443. The van der Waals surface area contributed by atoms with E-state index in [4.69, 9.17) is 4.42 Å². The van der Waals surface area contributed by atoms with Crippen molar-refractivity contribution in [3.63, 3.8) is 0 Å². The van der Waals surface area contributed by atoms with Crippen molar-refractivity contribution in [2.24, 2.45) is 5.92 Å². The van der Waals surface area contributed by atoms with Crippen LogP contribution in [0.5, 0.6) is 0 Å². The van der Waals surface area contributed by atoms with Crippen molar-refractivity contribution in [3.8, 4) is 0 Å². The molecular weight excluding hydrogens is 334 g/mol. The van der Waals surface area contributed by atoms with Crippen molar-refractivity contribution in [1.82, 2.24) is 15.1 Å². The number of nitrogens with one attached hydrogen (secondary N) is 1. The van der Waals surface area contributed by atoms with E-state index in [0.29, 0.717) is 19.6 Å². The average Bonchev–Trinajstić information content (AvgIpc) is 3.11. The topological polar surface area (TPSA) is 82.9 Å². The third kappa shape index (κ3) is 5.34. The Kier molecular flexibility index (Phi) is 6.45. The fraction of sp³-hybridized carbons (Fsp3) is 0.632. The summed E-state index contributed by atoms with van der Waals surface area (Å²) < 4.78 is 5.17. The van der Waals surface area contributed by atoms with Gasteiger partial charge in [-0.2, -0.15) is 0 Å². The number of carbonyl (C=O) groups excluding carboxylic acids is 3. The number of likely N-dealkylation sites (tertiary alicyclic amines) is 1. The van der Waals surface area contributed by atoms with E-state index in [1.165, 1.54) is 6.26 Å². The zero-order chi connectivity index (χ0) is 19.3. The maximum absolute atomic E-state index is 12.9. The van der Waals surface area contributed by atoms with E-state index in [9.17, 15) is 14.4 Å². The quantitative estimate of drug-likeness (QED) is 0.866. The van der Waals surface area contributed by atoms with Gasteiger partial charge in [0.25, 0.3) is 5.91 Å². The molecule has 3 amide bonds. The number of hydrogen-bond donors (Lipinski definition) is 1. The maximum Gasteiger partial charge on any atom is 0.289 e. The molecule has 0 radical (unpaired) electrons. The molecule has 0 bridgehead atoms. The molecule has 0 aliphatic carbocycles. The third-order valence-corrected chi connectivity index (χ3v) is 4.33. The monoisotopic (exact) mass is 363 g/mol. The van der Waals surface area contributed by atoms with Gasteiger partial charge in [-0.15, -0.1) is 0 Å². The minimum atomic E-state index is -0.337. The van der Waals surface area contributed by atoms with Gasteiger partial charge in [0, 0.05) is 25.2 Å². The molecule has 1 saturated heterocycles. The molecule has 7 heteroatoms. The maximum atomic E-state index is 12.9. The lowest BCUT2D eigenvalue weighted by Crippen LogP contribution is -2.51. The summed E-state index contributed by atoms with van der Waals surface area (Å²) in [4.78, 5) is 40.7. The number of nitrogens with zero attached hydrogens (tertiary/aromatic N) is 2. The first-order chi connectivity index (χ1) is 12.2. The summed E-state index contributed by atoms with van der Waals surface area (Å²) in [6.07, 6.45) is 2.94. The Morgan fingerprint density at radius 2 is 2.08 bits per heavy atom. The van der Waals surface area contributed by atoms with Crippen LogP contribution in [0.15, 0.2) is 22.8 Å². The summed E-state index contributed by atoms with van der Waals surface area (Å²) in [6.45, 7) is 9.04. The molecular formula is C19H29N3O4. The molecule has 0 saturated carbocycles. The number of likely N-dealkylation sites (N-methyl/N-ethyl adjacent to an activating group) is 1. The highest BCUT2D eigenvalue weighted by Crippen LogP contribution is 2.21. The minimum Gasteiger partial charge on any atom is -0.459 e. The SMILES string of the molecule is CCN(CC(=O)NC(C)(C)C)C(=O)C1CCCN(C(=O)c2ccco2)C1. The second kappa shape index (κ2) is 8.38. The molecule has 1 aromatic heterocycles. The van der Waals surface area contributed by atoms with Crippen LogP contribution < -0.4 is 5.32 Å². The highest BCUT2D eigenvalue weighted by Gasteiger charge is 2.32. The van der Waals surface area contributed by atoms with Gasteiger partial charge in [0.2, 0.25) is 11.8 Å². The highest BCUT2D eigenvalue weighted by molar-refractivity contribution is 5.92. The van der Waals surface area contributed by atoms with Crippen LogP contribution in [0.4, 0.5) is 0 Å². The van der Waals surface area contributed by atoms with Crippen LogP contribution >= 0.6 is 0 Å². The standard InChI is InChI=1S/C19H29N3O4/c1-5-21(13-16(23)20-19(2,3)4)17(24)14-8-6-10-22(12-14)18(25)15-9-7-11-26-15/h7,9,11,14H,5-6,8,10,12-13H2,1-4H3,(H,20,23). The first kappa shape index (κ1) is 20.0. The normalized spacial score (nSPS) is 17.7. The minimum absolute atomic E-state index is 0.0369. The largest absolute Gasteiger partial charge is 0.459 e. The molecule has 1 aliphatic rings. The molecule has 2 rings (SSSR count). The molecule has 1 N–H and O–H groups in total. The van der Waals surface area contributed by atoms with Gasteiger partial charge < -0.3 is 19.5 Å². The molecule has 0 aromatic carbocycles. The molecule has 1 atom stereocenters. The van der Waals surface area contributed by atoms with Crippen LogP contribution in [0.25, 0.3) is 0 Å². The first-order valence-electron chi connectivity index (χ1n) is 9.14. The van der Waals surface area contributed by atoms with Gasteiger partial charge >= 0.3 is 0 Å². The molecule has 1 aromatic rings. The smallest absolute Gasteiger partial charge is 0.289 e. The van der Waals surface area contributed by atoms with Gasteiger partial charge in [0.05, 0.1) is 18.7 Å². The summed E-state index contributed by atoms with van der Waals surface area (Å²) in [6, 6.07) is 3.30. The van der Waals surface area contributed by atoms with E-state index in [1.807, 2.05) is 27.7 Å². The van der Waals surface area contributed by atoms with Crippen LogP contribution in [-0.4, -0.2) is 59.2 Å². The number of furan rings is 1. The number of carbonyl (C=O) groups is 3. The summed E-state index contributed by atoms with van der Waals surface area (Å²) >= 11 is 0. The molecule has 7 nitrogen and oxygen atoms in total. The predicted molar refractivity (Wildman–Crippen MR) is 97.5 cm³/mol. The Morgan fingerprint density at radius 3 is 2.65 bits per heavy atom. The van der Waals surface area contributed by atoms with E-state index in [1.54, 1.807) is 21.9 Å². The fourth-order valence-corrected chi connectivity index (χ4v) is 3.15. The first-order valence-corrected chi connectivity index (χ1v) is 9.14. The third-order valence-electron chi connectivity index (χ3n) is 4.33. The van der Waals surface area contributed by atoms with Crippen molar-refractivity contribution in [2.45, 2.75) is 46.1 Å². The number of rotatable bonds is 5. The number of amides is 3. The molecule has 144 valence electrons. The van der Waals surface area contributed by atoms with Crippen molar-refractivity contribution in [3.05, 3.63) is 24.2 Å². The van der Waals surface area contributed by atoms with Crippen molar-refractivity contribution in [2.75, 3.05) is 26.2 Å². The van der Waals surface area contributed by atoms with Gasteiger partial charge in [-0.1, -0.05) is 0 Å². The Hall–Kier alpha value is -2.31. The summed E-state index contributed by atoms with van der Waals surface area (Å²) in [5, 5.41) is 2.88. The van der Waals surface area contributed by atoms with Gasteiger partial charge in [-0.3, -0.25) is 14.4 Å². The van der Waals surface area contributed by atoms with Crippen LogP contribution in [0, 0.1) is 5.92 Å². The molecule has 26 heavy (non-hydrogen) atoms. The second-order valence-electron chi connectivity index (χ2n) is 7.72. The zero-order valence-electron chi connectivity index (χ0n) is 16.1. The molecule has 1 fully saturated rings. The van der Waals surface area contributed by atoms with Crippen molar-refractivity contribution >= 4 is 17.7 Å². The lowest BCUT2D eigenvalue weighted by atomic mass is 9.96. The van der Waals surface area contributed by atoms with Gasteiger partial charge in [0.1, 0.15) is 0 Å². The van der Waals surface area contributed by atoms with Crippen LogP contribution in [-0.2, 0) is 9.59 Å². The highest BCUT2D eigenvalue weighted by atomic mass is 16.3.